The second-order valence-electron chi connectivity index (χ2n) is 5.73. The van der Waals surface area contributed by atoms with E-state index >= 15 is 0 Å². The SMILES string of the molecule is O=C(c1ccccn1)N1CCCC(c2nnc(-c3cccs3)o2)C1. The van der Waals surface area contributed by atoms with Crippen LogP contribution in [0.15, 0.2) is 46.3 Å². The summed E-state index contributed by atoms with van der Waals surface area (Å²) >= 11 is 1.57. The molecule has 4 heterocycles. The van der Waals surface area contributed by atoms with Crippen molar-refractivity contribution in [2.75, 3.05) is 13.1 Å². The molecule has 0 bridgehead atoms. The van der Waals surface area contributed by atoms with Crippen LogP contribution >= 0.6 is 11.3 Å². The molecule has 7 heteroatoms. The van der Waals surface area contributed by atoms with Crippen molar-refractivity contribution in [2.24, 2.45) is 0 Å². The molecule has 0 aliphatic carbocycles. The third-order valence-corrected chi connectivity index (χ3v) is 4.97. The maximum absolute atomic E-state index is 12.6. The molecule has 24 heavy (non-hydrogen) atoms. The number of pyridine rings is 1. The highest BCUT2D eigenvalue weighted by Gasteiger charge is 2.29. The van der Waals surface area contributed by atoms with Gasteiger partial charge in [-0.2, -0.15) is 0 Å². The van der Waals surface area contributed by atoms with Gasteiger partial charge >= 0.3 is 0 Å². The number of hydrogen-bond donors (Lipinski definition) is 0. The van der Waals surface area contributed by atoms with Crippen LogP contribution in [-0.2, 0) is 0 Å². The van der Waals surface area contributed by atoms with E-state index in [4.69, 9.17) is 4.42 Å². The van der Waals surface area contributed by atoms with Crippen molar-refractivity contribution in [1.29, 1.82) is 0 Å². The van der Waals surface area contributed by atoms with E-state index in [0.717, 1.165) is 24.3 Å². The van der Waals surface area contributed by atoms with E-state index in [-0.39, 0.29) is 11.8 Å². The molecule has 1 aliphatic heterocycles. The van der Waals surface area contributed by atoms with E-state index in [2.05, 4.69) is 15.2 Å². The maximum Gasteiger partial charge on any atom is 0.272 e. The highest BCUT2D eigenvalue weighted by atomic mass is 32.1. The van der Waals surface area contributed by atoms with Gasteiger partial charge in [0.2, 0.25) is 5.89 Å². The van der Waals surface area contributed by atoms with Gasteiger partial charge in [0.15, 0.2) is 0 Å². The minimum atomic E-state index is -0.0432. The van der Waals surface area contributed by atoms with E-state index in [1.807, 2.05) is 28.5 Å². The van der Waals surface area contributed by atoms with Crippen molar-refractivity contribution in [1.82, 2.24) is 20.1 Å². The Labute approximate surface area is 143 Å². The highest BCUT2D eigenvalue weighted by Crippen LogP contribution is 2.30. The molecule has 1 aliphatic rings. The van der Waals surface area contributed by atoms with Gasteiger partial charge in [0.1, 0.15) is 5.69 Å². The van der Waals surface area contributed by atoms with Crippen molar-refractivity contribution >= 4 is 17.2 Å². The molecule has 0 spiro atoms. The number of amides is 1. The molecule has 0 radical (unpaired) electrons. The Balaban J connectivity index is 1.50. The molecular weight excluding hydrogens is 324 g/mol. The fourth-order valence-corrected chi connectivity index (χ4v) is 3.56. The first-order valence-corrected chi connectivity index (χ1v) is 8.77. The summed E-state index contributed by atoms with van der Waals surface area (Å²) in [5.74, 6) is 1.19. The number of nitrogens with zero attached hydrogens (tertiary/aromatic N) is 4. The Morgan fingerprint density at radius 3 is 3.00 bits per heavy atom. The van der Waals surface area contributed by atoms with E-state index in [1.165, 1.54) is 0 Å². The summed E-state index contributed by atoms with van der Waals surface area (Å²) in [5, 5.41) is 10.3. The smallest absolute Gasteiger partial charge is 0.272 e. The molecule has 0 saturated carbocycles. The number of carbonyl (C=O) groups is 1. The molecular formula is C17H16N4O2S. The Bertz CT molecular complexity index is 816. The summed E-state index contributed by atoms with van der Waals surface area (Å²) < 4.78 is 5.84. The van der Waals surface area contributed by atoms with Crippen LogP contribution in [0.3, 0.4) is 0 Å². The summed E-state index contributed by atoms with van der Waals surface area (Å²) in [6, 6.07) is 9.29. The lowest BCUT2D eigenvalue weighted by atomic mass is 9.98. The first-order valence-electron chi connectivity index (χ1n) is 7.89. The van der Waals surface area contributed by atoms with Crippen molar-refractivity contribution in [3.63, 3.8) is 0 Å². The van der Waals surface area contributed by atoms with Crippen molar-refractivity contribution < 1.29 is 9.21 Å². The number of hydrogen-bond acceptors (Lipinski definition) is 6. The normalized spacial score (nSPS) is 17.8. The molecule has 6 nitrogen and oxygen atoms in total. The molecule has 3 aromatic rings. The van der Waals surface area contributed by atoms with Crippen LogP contribution in [0.4, 0.5) is 0 Å². The molecule has 1 fully saturated rings. The van der Waals surface area contributed by atoms with Crippen LogP contribution in [0.5, 0.6) is 0 Å². The van der Waals surface area contributed by atoms with Gasteiger partial charge in [-0.1, -0.05) is 12.1 Å². The van der Waals surface area contributed by atoms with E-state index in [9.17, 15) is 4.79 Å². The lowest BCUT2D eigenvalue weighted by Crippen LogP contribution is -2.39. The number of rotatable bonds is 3. The first kappa shape index (κ1) is 15.0. The van der Waals surface area contributed by atoms with Gasteiger partial charge in [-0.05, 0) is 36.4 Å². The van der Waals surface area contributed by atoms with Crippen LogP contribution in [0.25, 0.3) is 10.8 Å². The van der Waals surface area contributed by atoms with Gasteiger partial charge in [0.25, 0.3) is 11.8 Å². The van der Waals surface area contributed by atoms with Gasteiger partial charge < -0.3 is 9.32 Å². The monoisotopic (exact) mass is 340 g/mol. The topological polar surface area (TPSA) is 72.1 Å². The zero-order chi connectivity index (χ0) is 16.4. The fourth-order valence-electron chi connectivity index (χ4n) is 2.91. The lowest BCUT2D eigenvalue weighted by Gasteiger charge is -2.30. The minimum Gasteiger partial charge on any atom is -0.420 e. The Morgan fingerprint density at radius 2 is 2.21 bits per heavy atom. The number of aromatic nitrogens is 3. The average Bonchev–Trinajstić information content (AvgIpc) is 3.33. The van der Waals surface area contributed by atoms with Crippen LogP contribution < -0.4 is 0 Å². The molecule has 3 aromatic heterocycles. The summed E-state index contributed by atoms with van der Waals surface area (Å²) in [6.45, 7) is 1.32. The molecule has 1 amide bonds. The Kier molecular flexibility index (Phi) is 4.08. The molecule has 1 saturated heterocycles. The largest absolute Gasteiger partial charge is 0.420 e. The second-order valence-corrected chi connectivity index (χ2v) is 6.68. The lowest BCUT2D eigenvalue weighted by molar-refractivity contribution is 0.0692. The third kappa shape index (κ3) is 2.94. The highest BCUT2D eigenvalue weighted by molar-refractivity contribution is 7.13. The zero-order valence-corrected chi connectivity index (χ0v) is 13.8. The van der Waals surface area contributed by atoms with Gasteiger partial charge in [-0.3, -0.25) is 9.78 Å². The Morgan fingerprint density at radius 1 is 1.25 bits per heavy atom. The van der Waals surface area contributed by atoms with Gasteiger partial charge in [-0.25, -0.2) is 0 Å². The zero-order valence-electron chi connectivity index (χ0n) is 13.0. The molecule has 4 rings (SSSR count). The van der Waals surface area contributed by atoms with E-state index in [1.54, 1.807) is 29.7 Å². The average molecular weight is 340 g/mol. The number of likely N-dealkylation sites (tertiary alicyclic amines) is 1. The van der Waals surface area contributed by atoms with Gasteiger partial charge in [0.05, 0.1) is 10.8 Å². The molecule has 122 valence electrons. The van der Waals surface area contributed by atoms with E-state index < -0.39 is 0 Å². The van der Waals surface area contributed by atoms with E-state index in [0.29, 0.717) is 24.0 Å². The Hall–Kier alpha value is -2.54. The van der Waals surface area contributed by atoms with Crippen molar-refractivity contribution in [3.8, 4) is 10.8 Å². The quantitative estimate of drug-likeness (QED) is 0.732. The standard InChI is InChI=1S/C17H16N4O2S/c22-17(13-6-1-2-8-18-13)21-9-3-5-12(11-21)15-19-20-16(23-15)14-7-4-10-24-14/h1-2,4,6-8,10,12H,3,5,9,11H2. The van der Waals surface area contributed by atoms with Gasteiger partial charge in [-0.15, -0.1) is 21.5 Å². The maximum atomic E-state index is 12.6. The minimum absolute atomic E-state index is 0.0432. The van der Waals surface area contributed by atoms with Crippen LogP contribution in [0, 0.1) is 0 Å². The van der Waals surface area contributed by atoms with Crippen LogP contribution in [0.2, 0.25) is 0 Å². The predicted octanol–water partition coefficient (Wildman–Crippen LogP) is 3.21. The molecule has 1 atom stereocenters. The second kappa shape index (κ2) is 6.52. The van der Waals surface area contributed by atoms with Crippen LogP contribution in [0.1, 0.15) is 35.1 Å². The van der Waals surface area contributed by atoms with Gasteiger partial charge in [0, 0.05) is 19.3 Å². The van der Waals surface area contributed by atoms with Crippen molar-refractivity contribution in [3.05, 3.63) is 53.5 Å². The fraction of sp³-hybridized carbons (Fsp3) is 0.294. The van der Waals surface area contributed by atoms with Crippen molar-refractivity contribution in [2.45, 2.75) is 18.8 Å². The summed E-state index contributed by atoms with van der Waals surface area (Å²) in [5.41, 5.74) is 0.475. The summed E-state index contributed by atoms with van der Waals surface area (Å²) in [4.78, 5) is 19.5. The summed E-state index contributed by atoms with van der Waals surface area (Å²) in [7, 11) is 0. The summed E-state index contributed by atoms with van der Waals surface area (Å²) in [6.07, 6.45) is 3.50. The third-order valence-electron chi connectivity index (χ3n) is 4.11. The molecule has 0 N–H and O–H groups in total. The molecule has 1 unspecified atom stereocenters. The number of carbonyl (C=O) groups excluding carboxylic acids is 1. The van der Waals surface area contributed by atoms with Crippen LogP contribution in [-0.4, -0.2) is 39.1 Å². The number of piperidine rings is 1. The number of thiophene rings is 1. The predicted molar refractivity (Wildman–Crippen MR) is 89.7 cm³/mol. The first-order chi connectivity index (χ1) is 11.8. The molecule has 0 aromatic carbocycles.